The molecule has 8 heteroatoms. The third-order valence-electron chi connectivity index (χ3n) is 5.71. The highest BCUT2D eigenvalue weighted by molar-refractivity contribution is 5.95. The molecule has 1 aliphatic carbocycles. The van der Waals surface area contributed by atoms with Crippen LogP contribution in [0.2, 0.25) is 0 Å². The number of rotatable bonds is 4. The number of hydrogen-bond acceptors (Lipinski definition) is 6. The summed E-state index contributed by atoms with van der Waals surface area (Å²) in [6.45, 7) is 1.83. The maximum atomic E-state index is 13.0. The molecule has 1 saturated heterocycles. The summed E-state index contributed by atoms with van der Waals surface area (Å²) in [5.41, 5.74) is 0.688. The molecule has 5 rings (SSSR count). The van der Waals surface area contributed by atoms with Gasteiger partial charge in [0.1, 0.15) is 0 Å². The molecule has 1 amide bonds. The number of piperidine rings is 1. The topological polar surface area (TPSA) is 97.3 Å². The molecule has 1 N–H and O–H groups in total. The Balaban J connectivity index is 1.30. The highest BCUT2D eigenvalue weighted by Gasteiger charge is 2.39. The molecule has 0 spiro atoms. The van der Waals surface area contributed by atoms with Crippen molar-refractivity contribution in [2.75, 3.05) is 13.1 Å². The van der Waals surface area contributed by atoms with Crippen molar-refractivity contribution in [2.24, 2.45) is 0 Å². The maximum absolute atomic E-state index is 13.0. The summed E-state index contributed by atoms with van der Waals surface area (Å²) < 4.78 is 7.24. The molecule has 2 aromatic heterocycles. The predicted molar refractivity (Wildman–Crippen MR) is 90.6 cm³/mol. The maximum Gasteiger partial charge on any atom is 0.257 e. The average Bonchev–Trinajstić information content (AvgIpc) is 3.02. The van der Waals surface area contributed by atoms with Gasteiger partial charge in [0.25, 0.3) is 5.91 Å². The predicted octanol–water partition coefficient (Wildman–Crippen LogP) is 1.30. The first-order valence-electron chi connectivity index (χ1n) is 9.50. The summed E-state index contributed by atoms with van der Waals surface area (Å²) in [6, 6.07) is 0. The lowest BCUT2D eigenvalue weighted by Crippen LogP contribution is -2.51. The van der Waals surface area contributed by atoms with E-state index in [1.807, 2.05) is 4.68 Å². The fraction of sp³-hybridized carbons (Fsp3) is 0.667. The first kappa shape index (κ1) is 16.0. The number of nitrogens with zero attached hydrogens (tertiary/aromatic N) is 5. The third-order valence-corrected chi connectivity index (χ3v) is 5.71. The molecular formula is C18H23N5O3. The Morgan fingerprint density at radius 1 is 1.35 bits per heavy atom. The number of aryl methyl sites for hydroxylation is 1. The highest BCUT2D eigenvalue weighted by Crippen LogP contribution is 2.38. The Labute approximate surface area is 151 Å². The number of β-amino-alcohol motifs (C(OH)–C–C–N with tert-alkyl or cyclic N) is 1. The van der Waals surface area contributed by atoms with E-state index in [2.05, 4.69) is 15.2 Å². The standard InChI is InChI=1S/C18H23N5O3/c24-17(13-10-19-23-8-1-3-14(13)23)22-7-2-6-18(25,11-22)9-15-20-16(21-26-15)12-4-5-12/h10,12,25H,1-9,11H2. The van der Waals surface area contributed by atoms with Gasteiger partial charge in [-0.25, -0.2) is 0 Å². The first-order valence-corrected chi connectivity index (χ1v) is 9.50. The van der Waals surface area contributed by atoms with Gasteiger partial charge in [-0.3, -0.25) is 9.48 Å². The Morgan fingerprint density at radius 2 is 2.23 bits per heavy atom. The van der Waals surface area contributed by atoms with E-state index in [1.54, 1.807) is 11.1 Å². The minimum atomic E-state index is -1.02. The Bertz CT molecular complexity index is 840. The smallest absolute Gasteiger partial charge is 0.257 e. The summed E-state index contributed by atoms with van der Waals surface area (Å²) in [5.74, 6) is 1.62. The van der Waals surface area contributed by atoms with E-state index in [4.69, 9.17) is 4.52 Å². The molecule has 1 unspecified atom stereocenters. The zero-order valence-electron chi connectivity index (χ0n) is 14.7. The van der Waals surface area contributed by atoms with Crippen LogP contribution in [0.5, 0.6) is 0 Å². The van der Waals surface area contributed by atoms with Gasteiger partial charge in [-0.1, -0.05) is 5.16 Å². The van der Waals surface area contributed by atoms with Gasteiger partial charge in [0.15, 0.2) is 5.82 Å². The van der Waals surface area contributed by atoms with E-state index in [9.17, 15) is 9.90 Å². The van der Waals surface area contributed by atoms with Gasteiger partial charge in [0, 0.05) is 19.0 Å². The molecule has 0 aromatic carbocycles. The number of amides is 1. The normalized spacial score (nSPS) is 25.5. The molecule has 1 saturated carbocycles. The summed E-state index contributed by atoms with van der Waals surface area (Å²) in [4.78, 5) is 19.1. The zero-order valence-corrected chi connectivity index (χ0v) is 14.7. The second-order valence-corrected chi connectivity index (χ2v) is 7.88. The lowest BCUT2D eigenvalue weighted by atomic mass is 9.89. The van der Waals surface area contributed by atoms with Crippen LogP contribution in [0, 0.1) is 0 Å². The van der Waals surface area contributed by atoms with Crippen LogP contribution in [-0.4, -0.2) is 54.5 Å². The summed E-state index contributed by atoms with van der Waals surface area (Å²) in [7, 11) is 0. The summed E-state index contributed by atoms with van der Waals surface area (Å²) in [5, 5.41) is 19.4. The van der Waals surface area contributed by atoms with Crippen LogP contribution in [0.4, 0.5) is 0 Å². The first-order chi connectivity index (χ1) is 12.6. The minimum Gasteiger partial charge on any atom is -0.388 e. The van der Waals surface area contributed by atoms with Crippen LogP contribution in [0.25, 0.3) is 0 Å². The quantitative estimate of drug-likeness (QED) is 0.886. The molecule has 0 bridgehead atoms. The van der Waals surface area contributed by atoms with Gasteiger partial charge < -0.3 is 14.5 Å². The van der Waals surface area contributed by atoms with Crippen LogP contribution in [0.15, 0.2) is 10.7 Å². The van der Waals surface area contributed by atoms with E-state index < -0.39 is 5.60 Å². The lowest BCUT2D eigenvalue weighted by molar-refractivity contribution is -0.0286. The van der Waals surface area contributed by atoms with Gasteiger partial charge in [-0.2, -0.15) is 10.1 Å². The average molecular weight is 357 g/mol. The number of aromatic nitrogens is 4. The molecule has 2 aliphatic heterocycles. The van der Waals surface area contributed by atoms with Crippen molar-refractivity contribution < 1.29 is 14.4 Å². The van der Waals surface area contributed by atoms with Gasteiger partial charge >= 0.3 is 0 Å². The SMILES string of the molecule is O=C(c1cnn2c1CCC2)N1CCCC(O)(Cc2nc(C3CC3)no2)C1. The fourth-order valence-electron chi connectivity index (χ4n) is 4.17. The second-order valence-electron chi connectivity index (χ2n) is 7.88. The van der Waals surface area contributed by atoms with Crippen LogP contribution in [-0.2, 0) is 19.4 Å². The van der Waals surface area contributed by atoms with Crippen LogP contribution < -0.4 is 0 Å². The monoisotopic (exact) mass is 357 g/mol. The Kier molecular flexibility index (Phi) is 3.63. The summed E-state index contributed by atoms with van der Waals surface area (Å²) in [6.07, 6.45) is 7.51. The largest absolute Gasteiger partial charge is 0.388 e. The van der Waals surface area contributed by atoms with E-state index in [-0.39, 0.29) is 12.5 Å². The van der Waals surface area contributed by atoms with Gasteiger partial charge in [-0.15, -0.1) is 0 Å². The van der Waals surface area contributed by atoms with Crippen LogP contribution >= 0.6 is 0 Å². The molecular weight excluding hydrogens is 334 g/mol. The Hall–Kier alpha value is -2.22. The Morgan fingerprint density at radius 3 is 3.08 bits per heavy atom. The number of likely N-dealkylation sites (tertiary alicyclic amines) is 1. The van der Waals surface area contributed by atoms with Crippen molar-refractivity contribution in [3.63, 3.8) is 0 Å². The summed E-state index contributed by atoms with van der Waals surface area (Å²) >= 11 is 0. The molecule has 4 heterocycles. The number of fused-ring (bicyclic) bond motifs is 1. The van der Waals surface area contributed by atoms with Gasteiger partial charge in [0.05, 0.1) is 36.0 Å². The zero-order chi connectivity index (χ0) is 17.7. The third kappa shape index (κ3) is 2.82. The molecule has 8 nitrogen and oxygen atoms in total. The second kappa shape index (κ2) is 5.90. The molecule has 2 fully saturated rings. The molecule has 2 aromatic rings. The number of carbonyl (C=O) groups excluding carboxylic acids is 1. The van der Waals surface area contributed by atoms with Crippen molar-refractivity contribution >= 4 is 5.91 Å². The molecule has 26 heavy (non-hydrogen) atoms. The fourth-order valence-corrected chi connectivity index (χ4v) is 4.17. The van der Waals surface area contributed by atoms with Crippen LogP contribution in [0.3, 0.4) is 0 Å². The van der Waals surface area contributed by atoms with Crippen molar-refractivity contribution in [2.45, 2.75) is 63.0 Å². The number of hydrogen-bond donors (Lipinski definition) is 1. The lowest BCUT2D eigenvalue weighted by Gasteiger charge is -2.38. The molecule has 1 atom stereocenters. The van der Waals surface area contributed by atoms with Crippen molar-refractivity contribution in [3.05, 3.63) is 29.2 Å². The molecule has 0 radical (unpaired) electrons. The van der Waals surface area contributed by atoms with Gasteiger partial charge in [0.2, 0.25) is 5.89 Å². The van der Waals surface area contributed by atoms with Crippen molar-refractivity contribution in [1.29, 1.82) is 0 Å². The van der Waals surface area contributed by atoms with Gasteiger partial charge in [-0.05, 0) is 38.5 Å². The van der Waals surface area contributed by atoms with E-state index >= 15 is 0 Å². The molecule has 138 valence electrons. The van der Waals surface area contributed by atoms with E-state index in [1.165, 1.54) is 0 Å². The number of aliphatic hydroxyl groups is 1. The van der Waals surface area contributed by atoms with E-state index in [0.29, 0.717) is 36.8 Å². The molecule has 3 aliphatic rings. The van der Waals surface area contributed by atoms with Crippen molar-refractivity contribution in [3.8, 4) is 0 Å². The minimum absolute atomic E-state index is 0.0320. The van der Waals surface area contributed by atoms with Crippen molar-refractivity contribution in [1.82, 2.24) is 24.8 Å². The highest BCUT2D eigenvalue weighted by atomic mass is 16.5. The number of carbonyl (C=O) groups is 1. The van der Waals surface area contributed by atoms with E-state index in [0.717, 1.165) is 50.2 Å². The van der Waals surface area contributed by atoms with Crippen LogP contribution in [0.1, 0.15) is 65.8 Å².